The van der Waals surface area contributed by atoms with Crippen molar-refractivity contribution in [2.75, 3.05) is 54.2 Å². The SMILES string of the molecule is COCCCN(CCOC)C(=O)CC(CN)OC. The first kappa shape index (κ1) is 17.3. The molecule has 0 fully saturated rings. The molecule has 0 aromatic heterocycles. The molecule has 0 aliphatic heterocycles. The van der Waals surface area contributed by atoms with Gasteiger partial charge in [-0.15, -0.1) is 0 Å². The summed E-state index contributed by atoms with van der Waals surface area (Å²) < 4.78 is 15.1. The molecule has 6 nitrogen and oxygen atoms in total. The largest absolute Gasteiger partial charge is 0.385 e. The molecule has 0 heterocycles. The smallest absolute Gasteiger partial charge is 0.225 e. The van der Waals surface area contributed by atoms with Gasteiger partial charge in [-0.1, -0.05) is 0 Å². The van der Waals surface area contributed by atoms with Gasteiger partial charge in [0.2, 0.25) is 5.91 Å². The average molecular weight is 262 g/mol. The number of hydrogen-bond acceptors (Lipinski definition) is 5. The lowest BCUT2D eigenvalue weighted by molar-refractivity contribution is -0.134. The van der Waals surface area contributed by atoms with Crippen LogP contribution in [0.5, 0.6) is 0 Å². The molecule has 6 heteroatoms. The molecule has 1 unspecified atom stereocenters. The fraction of sp³-hybridized carbons (Fsp3) is 0.917. The zero-order valence-corrected chi connectivity index (χ0v) is 11.7. The number of carbonyl (C=O) groups excluding carboxylic acids is 1. The van der Waals surface area contributed by atoms with Crippen molar-refractivity contribution in [2.24, 2.45) is 5.73 Å². The van der Waals surface area contributed by atoms with E-state index < -0.39 is 0 Å². The molecule has 1 amide bonds. The van der Waals surface area contributed by atoms with E-state index in [9.17, 15) is 4.79 Å². The Morgan fingerprint density at radius 1 is 1.17 bits per heavy atom. The van der Waals surface area contributed by atoms with E-state index in [0.717, 1.165) is 6.42 Å². The normalized spacial score (nSPS) is 12.4. The molecule has 108 valence electrons. The molecular weight excluding hydrogens is 236 g/mol. The predicted molar refractivity (Wildman–Crippen MR) is 69.4 cm³/mol. The fourth-order valence-electron chi connectivity index (χ4n) is 1.55. The van der Waals surface area contributed by atoms with Gasteiger partial charge in [0.25, 0.3) is 0 Å². The van der Waals surface area contributed by atoms with Crippen LogP contribution in [-0.2, 0) is 19.0 Å². The number of amides is 1. The Morgan fingerprint density at radius 2 is 1.83 bits per heavy atom. The van der Waals surface area contributed by atoms with Gasteiger partial charge in [-0.2, -0.15) is 0 Å². The van der Waals surface area contributed by atoms with Gasteiger partial charge in [0.05, 0.1) is 19.1 Å². The number of nitrogens with zero attached hydrogens (tertiary/aromatic N) is 1. The molecular formula is C12H26N2O4. The van der Waals surface area contributed by atoms with Crippen LogP contribution in [0.3, 0.4) is 0 Å². The molecule has 0 aromatic carbocycles. The van der Waals surface area contributed by atoms with Crippen LogP contribution < -0.4 is 5.73 Å². The number of rotatable bonds is 11. The Hall–Kier alpha value is -0.690. The third kappa shape index (κ3) is 7.60. The van der Waals surface area contributed by atoms with Crippen LogP contribution in [0.25, 0.3) is 0 Å². The van der Waals surface area contributed by atoms with Crippen molar-refractivity contribution in [3.63, 3.8) is 0 Å². The Morgan fingerprint density at radius 3 is 2.33 bits per heavy atom. The lowest BCUT2D eigenvalue weighted by atomic mass is 10.2. The molecule has 0 aliphatic carbocycles. The molecule has 0 saturated heterocycles. The lowest BCUT2D eigenvalue weighted by Gasteiger charge is -2.24. The zero-order valence-electron chi connectivity index (χ0n) is 11.7. The van der Waals surface area contributed by atoms with Crippen LogP contribution in [-0.4, -0.2) is 71.1 Å². The molecule has 0 radical (unpaired) electrons. The summed E-state index contributed by atoms with van der Waals surface area (Å²) in [5.74, 6) is 0.0421. The topological polar surface area (TPSA) is 74.0 Å². The van der Waals surface area contributed by atoms with Crippen molar-refractivity contribution in [3.05, 3.63) is 0 Å². The number of hydrogen-bond donors (Lipinski definition) is 1. The summed E-state index contributed by atoms with van der Waals surface area (Å²) >= 11 is 0. The Bertz CT molecular complexity index is 210. The average Bonchev–Trinajstić information content (AvgIpc) is 2.39. The Labute approximate surface area is 109 Å². The summed E-state index contributed by atoms with van der Waals surface area (Å²) in [6.07, 6.45) is 0.903. The molecule has 0 bridgehead atoms. The van der Waals surface area contributed by atoms with Crippen molar-refractivity contribution >= 4 is 5.91 Å². The summed E-state index contributed by atoms with van der Waals surface area (Å²) in [6, 6.07) is 0. The van der Waals surface area contributed by atoms with Gasteiger partial charge in [-0.25, -0.2) is 0 Å². The highest BCUT2D eigenvalue weighted by molar-refractivity contribution is 5.76. The molecule has 0 rings (SSSR count). The third-order valence-electron chi connectivity index (χ3n) is 2.69. The standard InChI is InChI=1S/C12H26N2O4/c1-16-7-4-5-14(6-8-17-2)12(15)9-11(10-13)18-3/h11H,4-10,13H2,1-3H3. The highest BCUT2D eigenvalue weighted by Gasteiger charge is 2.17. The van der Waals surface area contributed by atoms with Crippen LogP contribution in [0.15, 0.2) is 0 Å². The van der Waals surface area contributed by atoms with E-state index in [0.29, 0.717) is 39.3 Å². The fourth-order valence-corrected chi connectivity index (χ4v) is 1.55. The van der Waals surface area contributed by atoms with Crippen LogP contribution in [0.2, 0.25) is 0 Å². The highest BCUT2D eigenvalue weighted by atomic mass is 16.5. The van der Waals surface area contributed by atoms with Crippen LogP contribution in [0, 0.1) is 0 Å². The second-order valence-corrected chi connectivity index (χ2v) is 4.02. The van der Waals surface area contributed by atoms with Crippen molar-refractivity contribution in [3.8, 4) is 0 Å². The minimum absolute atomic E-state index is 0.0421. The second-order valence-electron chi connectivity index (χ2n) is 4.02. The monoisotopic (exact) mass is 262 g/mol. The van der Waals surface area contributed by atoms with Gasteiger partial charge >= 0.3 is 0 Å². The summed E-state index contributed by atoms with van der Waals surface area (Å²) in [7, 11) is 4.83. The van der Waals surface area contributed by atoms with E-state index in [1.165, 1.54) is 0 Å². The molecule has 0 saturated carbocycles. The van der Waals surface area contributed by atoms with E-state index in [1.54, 1.807) is 26.2 Å². The van der Waals surface area contributed by atoms with E-state index in [-0.39, 0.29) is 12.0 Å². The van der Waals surface area contributed by atoms with Crippen molar-refractivity contribution < 1.29 is 19.0 Å². The van der Waals surface area contributed by atoms with Gasteiger partial charge in [0.1, 0.15) is 0 Å². The minimum Gasteiger partial charge on any atom is -0.385 e. The Kier molecular flexibility index (Phi) is 11.0. The molecule has 0 spiro atoms. The quantitative estimate of drug-likeness (QED) is 0.525. The number of methoxy groups -OCH3 is 3. The molecule has 0 aliphatic rings. The number of ether oxygens (including phenoxy) is 3. The van der Waals surface area contributed by atoms with Crippen molar-refractivity contribution in [2.45, 2.75) is 18.9 Å². The maximum absolute atomic E-state index is 12.1. The molecule has 1 atom stereocenters. The van der Waals surface area contributed by atoms with E-state index in [1.807, 2.05) is 0 Å². The predicted octanol–water partition coefficient (Wildman–Crippen LogP) is -0.138. The van der Waals surface area contributed by atoms with E-state index in [4.69, 9.17) is 19.9 Å². The van der Waals surface area contributed by atoms with Crippen LogP contribution >= 0.6 is 0 Å². The highest BCUT2D eigenvalue weighted by Crippen LogP contribution is 2.02. The number of nitrogens with two attached hydrogens (primary N) is 1. The second kappa shape index (κ2) is 11.4. The molecule has 0 aromatic rings. The van der Waals surface area contributed by atoms with Crippen LogP contribution in [0.4, 0.5) is 0 Å². The summed E-state index contributed by atoms with van der Waals surface area (Å²) in [6.45, 7) is 2.76. The van der Waals surface area contributed by atoms with Gasteiger partial charge in [-0.3, -0.25) is 4.79 Å². The summed E-state index contributed by atoms with van der Waals surface area (Å²) in [5, 5.41) is 0. The lowest BCUT2D eigenvalue weighted by Crippen LogP contribution is -2.38. The van der Waals surface area contributed by atoms with Gasteiger partial charge in [0.15, 0.2) is 0 Å². The maximum Gasteiger partial charge on any atom is 0.225 e. The Balaban J connectivity index is 4.19. The minimum atomic E-state index is -0.218. The molecule has 18 heavy (non-hydrogen) atoms. The summed E-state index contributed by atoms with van der Waals surface area (Å²) in [4.78, 5) is 13.8. The first-order valence-corrected chi connectivity index (χ1v) is 6.18. The van der Waals surface area contributed by atoms with Gasteiger partial charge < -0.3 is 24.8 Å². The van der Waals surface area contributed by atoms with Gasteiger partial charge in [0, 0.05) is 47.6 Å². The molecule has 2 N–H and O–H groups in total. The zero-order chi connectivity index (χ0) is 13.8. The maximum atomic E-state index is 12.1. The first-order chi connectivity index (χ1) is 8.69. The van der Waals surface area contributed by atoms with Crippen molar-refractivity contribution in [1.29, 1.82) is 0 Å². The van der Waals surface area contributed by atoms with Crippen LogP contribution in [0.1, 0.15) is 12.8 Å². The number of carbonyl (C=O) groups is 1. The first-order valence-electron chi connectivity index (χ1n) is 6.18. The third-order valence-corrected chi connectivity index (χ3v) is 2.69. The summed E-state index contributed by atoms with van der Waals surface area (Å²) in [5.41, 5.74) is 5.51. The van der Waals surface area contributed by atoms with Gasteiger partial charge in [-0.05, 0) is 6.42 Å². The van der Waals surface area contributed by atoms with Crippen molar-refractivity contribution in [1.82, 2.24) is 4.90 Å². The van der Waals surface area contributed by atoms with E-state index >= 15 is 0 Å². The van der Waals surface area contributed by atoms with E-state index in [2.05, 4.69) is 0 Å².